The zero-order chi connectivity index (χ0) is 26.1. The molecular weight excluding hydrogens is 498 g/mol. The molecule has 0 saturated heterocycles. The Morgan fingerprint density at radius 1 is 0.973 bits per heavy atom. The number of benzene rings is 2. The van der Waals surface area contributed by atoms with E-state index in [1.165, 1.54) is 12.1 Å². The van der Waals surface area contributed by atoms with E-state index in [0.717, 1.165) is 18.4 Å². The average molecular weight is 524 g/mol. The lowest BCUT2D eigenvalue weighted by Crippen LogP contribution is -2.30. The van der Waals surface area contributed by atoms with E-state index in [9.17, 15) is 19.7 Å². The Labute approximate surface area is 219 Å². The molecule has 0 amide bonds. The van der Waals surface area contributed by atoms with Crippen molar-refractivity contribution in [3.63, 3.8) is 0 Å². The molecule has 0 aromatic heterocycles. The van der Waals surface area contributed by atoms with Crippen molar-refractivity contribution in [1.82, 2.24) is 0 Å². The van der Waals surface area contributed by atoms with E-state index in [-0.39, 0.29) is 28.9 Å². The van der Waals surface area contributed by atoms with Crippen molar-refractivity contribution in [3.05, 3.63) is 85.3 Å². The zero-order valence-electron chi connectivity index (χ0n) is 20.4. The maximum Gasteiger partial charge on any atom is 0.269 e. The lowest BCUT2D eigenvalue weighted by Gasteiger charge is -2.36. The summed E-state index contributed by atoms with van der Waals surface area (Å²) in [4.78, 5) is 36.6. The molecule has 0 N–H and O–H groups in total. The van der Waals surface area contributed by atoms with E-state index >= 15 is 0 Å². The summed E-state index contributed by atoms with van der Waals surface area (Å²) >= 11 is 6.72. The summed E-state index contributed by atoms with van der Waals surface area (Å²) in [7, 11) is 0. The molecule has 0 radical (unpaired) electrons. The summed E-state index contributed by atoms with van der Waals surface area (Å²) in [6.45, 7) is 2.31. The number of Topliss-reactive ketones (excluding diaryl/α,β-unsaturated/α-hetero) is 2. The van der Waals surface area contributed by atoms with Crippen molar-refractivity contribution >= 4 is 28.9 Å². The number of nitro benzene ring substituents is 1. The van der Waals surface area contributed by atoms with Gasteiger partial charge in [-0.25, -0.2) is 0 Å². The number of halogens is 1. The van der Waals surface area contributed by atoms with Crippen molar-refractivity contribution in [2.24, 2.45) is 0 Å². The minimum atomic E-state index is -0.556. The molecule has 0 unspecified atom stereocenters. The van der Waals surface area contributed by atoms with Gasteiger partial charge in [0.15, 0.2) is 23.1 Å². The topological polar surface area (TPSA) is 105 Å². The highest BCUT2D eigenvalue weighted by Gasteiger charge is 2.42. The van der Waals surface area contributed by atoms with Crippen LogP contribution in [0.15, 0.2) is 59.1 Å². The standard InChI is InChI=1S/C28H26ClNO7/c1-2-35-24-14-17(13-19(29)28(24)36-15-16-9-11-18(12-10-16)30(33)34)25-26-20(31)5-3-7-22(26)37-23-8-4-6-21(32)27(23)25/h9-14,25H,2-8,15H2,1H3. The predicted molar refractivity (Wildman–Crippen MR) is 136 cm³/mol. The monoisotopic (exact) mass is 523 g/mol. The number of non-ortho nitro benzene ring substituents is 1. The smallest absolute Gasteiger partial charge is 0.269 e. The number of hydrogen-bond donors (Lipinski definition) is 0. The first-order valence-corrected chi connectivity index (χ1v) is 12.8. The van der Waals surface area contributed by atoms with Crippen LogP contribution in [0.4, 0.5) is 5.69 Å². The molecule has 2 aliphatic carbocycles. The third-order valence-electron chi connectivity index (χ3n) is 6.84. The SMILES string of the molecule is CCOc1cc(C2C3=C(CCCC3=O)OC3=C2C(=O)CCC3)cc(Cl)c1OCc1ccc([N+](=O)[O-])cc1. The highest BCUT2D eigenvalue weighted by atomic mass is 35.5. The predicted octanol–water partition coefficient (Wildman–Crippen LogP) is 6.35. The Hall–Kier alpha value is -3.65. The van der Waals surface area contributed by atoms with Crippen LogP contribution in [0.2, 0.25) is 5.02 Å². The first-order chi connectivity index (χ1) is 17.9. The minimum Gasteiger partial charge on any atom is -0.490 e. The second-order valence-electron chi connectivity index (χ2n) is 9.24. The Kier molecular flexibility index (Phi) is 7.02. The molecule has 9 heteroatoms. The number of carbonyl (C=O) groups excluding carboxylic acids is 2. The number of rotatable bonds is 7. The van der Waals surface area contributed by atoms with Gasteiger partial charge in [-0.1, -0.05) is 11.6 Å². The maximum absolute atomic E-state index is 13.1. The summed E-state index contributed by atoms with van der Waals surface area (Å²) in [5, 5.41) is 11.2. The van der Waals surface area contributed by atoms with Gasteiger partial charge in [0.2, 0.25) is 0 Å². The molecule has 1 heterocycles. The molecular formula is C28H26ClNO7. The number of ether oxygens (including phenoxy) is 3. The van der Waals surface area contributed by atoms with E-state index in [1.807, 2.05) is 6.92 Å². The summed E-state index contributed by atoms with van der Waals surface area (Å²) in [6.07, 6.45) is 3.59. The van der Waals surface area contributed by atoms with Crippen LogP contribution in [-0.4, -0.2) is 23.1 Å². The molecule has 0 spiro atoms. The molecule has 0 fully saturated rings. The van der Waals surface area contributed by atoms with Gasteiger partial charge in [-0.15, -0.1) is 0 Å². The van der Waals surface area contributed by atoms with E-state index in [0.29, 0.717) is 72.0 Å². The van der Waals surface area contributed by atoms with Crippen LogP contribution in [-0.2, 0) is 20.9 Å². The molecule has 5 rings (SSSR count). The Morgan fingerprint density at radius 2 is 1.59 bits per heavy atom. The van der Waals surface area contributed by atoms with Gasteiger partial charge in [0.25, 0.3) is 5.69 Å². The number of nitro groups is 1. The molecule has 0 atom stereocenters. The lowest BCUT2D eigenvalue weighted by atomic mass is 9.73. The second-order valence-corrected chi connectivity index (χ2v) is 9.64. The molecule has 0 saturated carbocycles. The number of hydrogen-bond acceptors (Lipinski definition) is 7. The second kappa shape index (κ2) is 10.4. The molecule has 3 aliphatic rings. The highest BCUT2D eigenvalue weighted by molar-refractivity contribution is 6.32. The van der Waals surface area contributed by atoms with Crippen molar-refractivity contribution in [2.45, 2.75) is 58.0 Å². The fourth-order valence-electron chi connectivity index (χ4n) is 5.18. The number of carbonyl (C=O) groups is 2. The average Bonchev–Trinajstić information content (AvgIpc) is 2.87. The number of ketones is 2. The van der Waals surface area contributed by atoms with Crippen molar-refractivity contribution < 1.29 is 28.7 Å². The summed E-state index contributed by atoms with van der Waals surface area (Å²) < 4.78 is 18.0. The number of allylic oxidation sites excluding steroid dienone is 4. The summed E-state index contributed by atoms with van der Waals surface area (Å²) in [5.41, 5.74) is 2.49. The third-order valence-corrected chi connectivity index (χ3v) is 7.12. The minimum absolute atomic E-state index is 0.00512. The van der Waals surface area contributed by atoms with E-state index in [2.05, 4.69) is 0 Å². The van der Waals surface area contributed by atoms with Gasteiger partial charge < -0.3 is 14.2 Å². The highest BCUT2D eigenvalue weighted by Crippen LogP contribution is 2.50. The van der Waals surface area contributed by atoms with Crippen molar-refractivity contribution in [2.75, 3.05) is 6.61 Å². The molecule has 192 valence electrons. The van der Waals surface area contributed by atoms with Gasteiger partial charge in [0, 0.05) is 54.9 Å². The largest absolute Gasteiger partial charge is 0.490 e. The molecule has 1 aliphatic heterocycles. The fourth-order valence-corrected chi connectivity index (χ4v) is 5.45. The van der Waals surface area contributed by atoms with Crippen LogP contribution >= 0.6 is 11.6 Å². The normalized spacial score (nSPS) is 17.8. The Balaban J connectivity index is 1.52. The van der Waals surface area contributed by atoms with Crippen LogP contribution in [0, 0.1) is 10.1 Å². The van der Waals surface area contributed by atoms with Crippen molar-refractivity contribution in [3.8, 4) is 11.5 Å². The Bertz CT molecular complexity index is 1300. The first kappa shape index (κ1) is 25.0. The van der Waals surface area contributed by atoms with Gasteiger partial charge in [-0.05, 0) is 55.2 Å². The van der Waals surface area contributed by atoms with Gasteiger partial charge in [0.1, 0.15) is 18.1 Å². The fraction of sp³-hybridized carbons (Fsp3) is 0.357. The van der Waals surface area contributed by atoms with Crippen LogP contribution in [0.3, 0.4) is 0 Å². The van der Waals surface area contributed by atoms with Crippen LogP contribution < -0.4 is 9.47 Å². The van der Waals surface area contributed by atoms with Crippen LogP contribution in [0.25, 0.3) is 0 Å². The van der Waals surface area contributed by atoms with Gasteiger partial charge in [-0.2, -0.15) is 0 Å². The molecule has 2 aromatic carbocycles. The Morgan fingerprint density at radius 3 is 2.16 bits per heavy atom. The van der Waals surface area contributed by atoms with E-state index in [4.69, 9.17) is 25.8 Å². The zero-order valence-corrected chi connectivity index (χ0v) is 21.1. The van der Waals surface area contributed by atoms with Gasteiger partial charge >= 0.3 is 0 Å². The lowest BCUT2D eigenvalue weighted by molar-refractivity contribution is -0.384. The summed E-state index contributed by atoms with van der Waals surface area (Å²) in [6, 6.07) is 9.58. The third kappa shape index (κ3) is 4.85. The summed E-state index contributed by atoms with van der Waals surface area (Å²) in [5.74, 6) is 1.46. The van der Waals surface area contributed by atoms with Gasteiger partial charge in [0.05, 0.1) is 16.6 Å². The quantitative estimate of drug-likeness (QED) is 0.307. The molecule has 0 bridgehead atoms. The molecule has 8 nitrogen and oxygen atoms in total. The van der Waals surface area contributed by atoms with E-state index in [1.54, 1.807) is 24.3 Å². The van der Waals surface area contributed by atoms with Gasteiger partial charge in [-0.3, -0.25) is 19.7 Å². The van der Waals surface area contributed by atoms with E-state index < -0.39 is 10.8 Å². The van der Waals surface area contributed by atoms with Crippen LogP contribution in [0.5, 0.6) is 11.5 Å². The van der Waals surface area contributed by atoms with Crippen LogP contribution in [0.1, 0.15) is 62.5 Å². The number of nitrogens with zero attached hydrogens (tertiary/aromatic N) is 1. The molecule has 37 heavy (non-hydrogen) atoms. The maximum atomic E-state index is 13.1. The first-order valence-electron chi connectivity index (χ1n) is 12.4. The molecule has 2 aromatic rings. The van der Waals surface area contributed by atoms with Crippen molar-refractivity contribution in [1.29, 1.82) is 0 Å².